The van der Waals surface area contributed by atoms with Crippen molar-refractivity contribution in [1.29, 1.82) is 0 Å². The summed E-state index contributed by atoms with van der Waals surface area (Å²) in [5.41, 5.74) is 3.74. The van der Waals surface area contributed by atoms with Gasteiger partial charge in [0.2, 0.25) is 5.91 Å². The fourth-order valence-corrected chi connectivity index (χ4v) is 4.90. The SMILES string of the molecule is CC(C)CCn1nc2c3c1CCC(C3)NC(=O)CCCN(Cc1ccccn1)CCCNC2=O. The van der Waals surface area contributed by atoms with E-state index in [2.05, 4.69) is 34.4 Å². The van der Waals surface area contributed by atoms with Crippen LogP contribution in [0, 0.1) is 5.92 Å². The molecule has 2 aliphatic rings. The molecule has 1 atom stereocenters. The van der Waals surface area contributed by atoms with E-state index in [1.165, 1.54) is 5.69 Å². The Morgan fingerprint density at radius 2 is 2.00 bits per heavy atom. The minimum absolute atomic E-state index is 0.0593. The molecular weight excluding hydrogens is 428 g/mol. The Bertz CT molecular complexity index is 971. The van der Waals surface area contributed by atoms with E-state index in [-0.39, 0.29) is 17.9 Å². The van der Waals surface area contributed by atoms with Crippen molar-refractivity contribution in [3.63, 3.8) is 0 Å². The highest BCUT2D eigenvalue weighted by molar-refractivity contribution is 5.94. The van der Waals surface area contributed by atoms with Crippen LogP contribution in [0.25, 0.3) is 0 Å². The first-order valence-electron chi connectivity index (χ1n) is 12.8. The summed E-state index contributed by atoms with van der Waals surface area (Å²) in [6, 6.07) is 6.00. The van der Waals surface area contributed by atoms with Gasteiger partial charge < -0.3 is 10.6 Å². The molecule has 0 fully saturated rings. The first-order chi connectivity index (χ1) is 16.5. The molecule has 0 spiro atoms. The van der Waals surface area contributed by atoms with E-state index < -0.39 is 0 Å². The van der Waals surface area contributed by atoms with Crippen LogP contribution in [-0.2, 0) is 30.7 Å². The van der Waals surface area contributed by atoms with E-state index in [4.69, 9.17) is 5.10 Å². The van der Waals surface area contributed by atoms with Crippen molar-refractivity contribution in [3.8, 4) is 0 Å². The normalized spacial score (nSPS) is 20.4. The summed E-state index contributed by atoms with van der Waals surface area (Å²) in [7, 11) is 0. The number of hydrogen-bond acceptors (Lipinski definition) is 5. The lowest BCUT2D eigenvalue weighted by molar-refractivity contribution is -0.122. The zero-order chi connectivity index (χ0) is 23.9. The Morgan fingerprint density at radius 3 is 2.79 bits per heavy atom. The van der Waals surface area contributed by atoms with Crippen LogP contribution >= 0.6 is 0 Å². The maximum absolute atomic E-state index is 13.1. The van der Waals surface area contributed by atoms with E-state index in [0.717, 1.165) is 69.5 Å². The first kappa shape index (κ1) is 24.4. The second-order valence-electron chi connectivity index (χ2n) is 10.00. The number of aryl methyl sites for hydroxylation is 1. The number of nitrogens with one attached hydrogen (secondary N) is 2. The van der Waals surface area contributed by atoms with Crippen LogP contribution in [0.5, 0.6) is 0 Å². The summed E-state index contributed by atoms with van der Waals surface area (Å²) in [5.74, 6) is 0.573. The van der Waals surface area contributed by atoms with Gasteiger partial charge in [-0.25, -0.2) is 0 Å². The fourth-order valence-electron chi connectivity index (χ4n) is 4.90. The molecule has 1 aliphatic carbocycles. The van der Waals surface area contributed by atoms with Crippen LogP contribution in [-0.4, -0.2) is 57.2 Å². The molecular formula is C26H38N6O2. The second kappa shape index (κ2) is 11.6. The smallest absolute Gasteiger partial charge is 0.272 e. The first-order valence-corrected chi connectivity index (χ1v) is 12.8. The Labute approximate surface area is 202 Å². The average Bonchev–Trinajstić information content (AvgIpc) is 3.18. The molecule has 184 valence electrons. The van der Waals surface area contributed by atoms with Crippen LogP contribution in [0.3, 0.4) is 0 Å². The standard InChI is InChI=1S/C26H38N6O2/c1-19(2)11-16-32-23-10-9-20-17-22(23)25(30-32)26(34)28-13-6-15-31(14-5-8-24(33)29-20)18-21-7-3-4-12-27-21/h3-4,7,12,19-20H,5-6,8-11,13-18H2,1-2H3,(H,28,34)(H,29,33). The molecule has 1 unspecified atom stereocenters. The molecule has 34 heavy (non-hydrogen) atoms. The van der Waals surface area contributed by atoms with Crippen LogP contribution in [0.4, 0.5) is 0 Å². The summed E-state index contributed by atoms with van der Waals surface area (Å²) in [6.07, 6.45) is 7.41. The summed E-state index contributed by atoms with van der Waals surface area (Å²) in [6.45, 7) is 8.25. The fraction of sp³-hybridized carbons (Fsp3) is 0.615. The van der Waals surface area contributed by atoms with Crippen LogP contribution in [0.1, 0.15) is 73.4 Å². The van der Waals surface area contributed by atoms with Crippen molar-refractivity contribution in [2.75, 3.05) is 19.6 Å². The van der Waals surface area contributed by atoms with Gasteiger partial charge in [-0.2, -0.15) is 5.10 Å². The summed E-state index contributed by atoms with van der Waals surface area (Å²) in [5, 5.41) is 11.1. The quantitative estimate of drug-likeness (QED) is 0.707. The van der Waals surface area contributed by atoms with Gasteiger partial charge in [-0.05, 0) is 63.1 Å². The summed E-state index contributed by atoms with van der Waals surface area (Å²) < 4.78 is 2.04. The maximum Gasteiger partial charge on any atom is 0.272 e. The number of carbonyl (C=O) groups excluding carboxylic acids is 2. The van der Waals surface area contributed by atoms with Gasteiger partial charge >= 0.3 is 0 Å². The largest absolute Gasteiger partial charge is 0.353 e. The second-order valence-corrected chi connectivity index (χ2v) is 10.00. The maximum atomic E-state index is 13.1. The van der Waals surface area contributed by atoms with Gasteiger partial charge in [0.1, 0.15) is 0 Å². The molecule has 4 rings (SSSR count). The topological polar surface area (TPSA) is 92.2 Å². The average molecular weight is 467 g/mol. The van der Waals surface area contributed by atoms with Crippen molar-refractivity contribution in [2.45, 2.75) is 77.9 Å². The molecule has 2 bridgehead atoms. The third-order valence-electron chi connectivity index (χ3n) is 6.77. The van der Waals surface area contributed by atoms with E-state index in [1.807, 2.05) is 29.1 Å². The van der Waals surface area contributed by atoms with Gasteiger partial charge in [0.15, 0.2) is 5.69 Å². The van der Waals surface area contributed by atoms with Crippen LogP contribution in [0.15, 0.2) is 24.4 Å². The minimum Gasteiger partial charge on any atom is -0.353 e. The molecule has 0 saturated carbocycles. The van der Waals surface area contributed by atoms with Crippen molar-refractivity contribution in [2.24, 2.45) is 5.92 Å². The van der Waals surface area contributed by atoms with E-state index in [0.29, 0.717) is 31.0 Å². The highest BCUT2D eigenvalue weighted by Gasteiger charge is 2.30. The number of pyridine rings is 1. The number of aromatic nitrogens is 3. The number of hydrogen-bond donors (Lipinski definition) is 2. The van der Waals surface area contributed by atoms with Gasteiger partial charge in [-0.3, -0.25) is 24.2 Å². The van der Waals surface area contributed by atoms with Gasteiger partial charge in [-0.1, -0.05) is 19.9 Å². The molecule has 3 heterocycles. The van der Waals surface area contributed by atoms with E-state index in [1.54, 1.807) is 0 Å². The molecule has 0 radical (unpaired) electrons. The molecule has 2 amide bonds. The third kappa shape index (κ3) is 6.44. The molecule has 2 aromatic rings. The van der Waals surface area contributed by atoms with E-state index in [9.17, 15) is 9.59 Å². The predicted octanol–water partition coefficient (Wildman–Crippen LogP) is 2.71. The van der Waals surface area contributed by atoms with Crippen molar-refractivity contribution in [1.82, 2.24) is 30.3 Å². The van der Waals surface area contributed by atoms with E-state index >= 15 is 0 Å². The lowest BCUT2D eigenvalue weighted by Crippen LogP contribution is -2.39. The Morgan fingerprint density at radius 1 is 1.15 bits per heavy atom. The van der Waals surface area contributed by atoms with Gasteiger partial charge in [-0.15, -0.1) is 0 Å². The van der Waals surface area contributed by atoms with Gasteiger partial charge in [0, 0.05) is 56.1 Å². The summed E-state index contributed by atoms with van der Waals surface area (Å²) in [4.78, 5) is 32.6. The molecule has 8 heteroatoms. The Kier molecular flexibility index (Phi) is 8.32. The number of nitrogens with zero attached hydrogens (tertiary/aromatic N) is 4. The monoisotopic (exact) mass is 466 g/mol. The zero-order valence-electron chi connectivity index (χ0n) is 20.6. The number of fused-ring (bicyclic) bond motifs is 1. The lowest BCUT2D eigenvalue weighted by atomic mass is 9.91. The number of carbonyl (C=O) groups is 2. The molecule has 2 N–H and O–H groups in total. The summed E-state index contributed by atoms with van der Waals surface area (Å²) >= 11 is 0. The Hall–Kier alpha value is -2.74. The van der Waals surface area contributed by atoms with Crippen LogP contribution in [0.2, 0.25) is 0 Å². The molecule has 1 aliphatic heterocycles. The van der Waals surface area contributed by atoms with Crippen molar-refractivity contribution < 1.29 is 9.59 Å². The van der Waals surface area contributed by atoms with Crippen molar-refractivity contribution >= 4 is 11.8 Å². The Balaban J connectivity index is 1.49. The number of amides is 2. The molecule has 2 aromatic heterocycles. The lowest BCUT2D eigenvalue weighted by Gasteiger charge is -2.25. The third-order valence-corrected chi connectivity index (χ3v) is 6.77. The van der Waals surface area contributed by atoms with Crippen LogP contribution < -0.4 is 10.6 Å². The zero-order valence-corrected chi connectivity index (χ0v) is 20.6. The van der Waals surface area contributed by atoms with Crippen molar-refractivity contribution in [3.05, 3.63) is 47.0 Å². The molecule has 0 aromatic carbocycles. The molecule has 8 nitrogen and oxygen atoms in total. The minimum atomic E-state index is -0.0994. The predicted molar refractivity (Wildman–Crippen MR) is 131 cm³/mol. The highest BCUT2D eigenvalue weighted by Crippen LogP contribution is 2.26. The van der Waals surface area contributed by atoms with Gasteiger partial charge in [0.25, 0.3) is 5.91 Å². The number of rotatable bonds is 5. The molecule has 0 saturated heterocycles. The van der Waals surface area contributed by atoms with Gasteiger partial charge in [0.05, 0.1) is 5.69 Å². The highest BCUT2D eigenvalue weighted by atomic mass is 16.2.